The first-order valence-electron chi connectivity index (χ1n) is 7.57. The molecule has 5 heteroatoms. The minimum Gasteiger partial charge on any atom is -0.508 e. The van der Waals surface area contributed by atoms with E-state index in [1.54, 1.807) is 0 Å². The summed E-state index contributed by atoms with van der Waals surface area (Å²) in [4.78, 5) is 6.95. The molecule has 1 aliphatic heterocycles. The smallest absolute Gasteiger partial charge is 0.123 e. The molecule has 0 bridgehead atoms. The number of likely N-dealkylation sites (N-methyl/N-ethyl adjacent to an activating group) is 1. The molecule has 0 radical (unpaired) electrons. The minimum atomic E-state index is -0.292. The SMILES string of the molecule is CC(c1cc(F)ccc1O)N1CCN(CCN(C)C)CC1. The predicted octanol–water partition coefficient (Wildman–Crippen LogP) is 1.77. The van der Waals surface area contributed by atoms with Crippen molar-refractivity contribution in [2.24, 2.45) is 0 Å². The molecule has 1 aromatic carbocycles. The lowest BCUT2D eigenvalue weighted by Gasteiger charge is -2.38. The van der Waals surface area contributed by atoms with Gasteiger partial charge in [-0.1, -0.05) is 0 Å². The highest BCUT2D eigenvalue weighted by Gasteiger charge is 2.23. The Morgan fingerprint density at radius 1 is 1.24 bits per heavy atom. The van der Waals surface area contributed by atoms with E-state index in [0.717, 1.165) is 39.3 Å². The zero-order valence-electron chi connectivity index (χ0n) is 13.2. The van der Waals surface area contributed by atoms with Crippen molar-refractivity contribution >= 4 is 0 Å². The molecule has 0 aliphatic carbocycles. The first-order chi connectivity index (χ1) is 9.97. The summed E-state index contributed by atoms with van der Waals surface area (Å²) in [6, 6.07) is 4.22. The number of aromatic hydroxyl groups is 1. The number of phenols is 1. The molecular formula is C16H26FN3O. The molecule has 1 atom stereocenters. The maximum atomic E-state index is 13.4. The molecule has 1 N–H and O–H groups in total. The van der Waals surface area contributed by atoms with Gasteiger partial charge in [-0.2, -0.15) is 0 Å². The first kappa shape index (κ1) is 16.2. The van der Waals surface area contributed by atoms with Crippen LogP contribution in [0.3, 0.4) is 0 Å². The normalized spacial score (nSPS) is 19.1. The molecule has 118 valence electrons. The van der Waals surface area contributed by atoms with E-state index in [0.29, 0.717) is 5.56 Å². The standard InChI is InChI=1S/C16H26FN3O/c1-13(15-12-14(17)4-5-16(15)21)20-10-8-19(9-11-20)7-6-18(2)3/h4-5,12-13,21H,6-11H2,1-3H3. The minimum absolute atomic E-state index is 0.0386. The molecule has 4 nitrogen and oxygen atoms in total. The van der Waals surface area contributed by atoms with Gasteiger partial charge in [0.25, 0.3) is 0 Å². The maximum Gasteiger partial charge on any atom is 0.123 e. The van der Waals surface area contributed by atoms with E-state index in [4.69, 9.17) is 0 Å². The summed E-state index contributed by atoms with van der Waals surface area (Å²) in [6.45, 7) is 8.13. The molecule has 0 amide bonds. The van der Waals surface area contributed by atoms with E-state index in [1.165, 1.54) is 18.2 Å². The Morgan fingerprint density at radius 2 is 1.90 bits per heavy atom. The van der Waals surface area contributed by atoms with Gasteiger partial charge in [-0.15, -0.1) is 0 Å². The van der Waals surface area contributed by atoms with Crippen LogP contribution < -0.4 is 0 Å². The molecule has 0 spiro atoms. The summed E-state index contributed by atoms with van der Waals surface area (Å²) in [7, 11) is 4.18. The number of hydrogen-bond donors (Lipinski definition) is 1. The highest BCUT2D eigenvalue weighted by atomic mass is 19.1. The Morgan fingerprint density at radius 3 is 2.52 bits per heavy atom. The van der Waals surface area contributed by atoms with Crippen LogP contribution in [-0.4, -0.2) is 73.2 Å². The summed E-state index contributed by atoms with van der Waals surface area (Å²) in [5.41, 5.74) is 0.678. The summed E-state index contributed by atoms with van der Waals surface area (Å²) in [5.74, 6) is -0.113. The maximum absolute atomic E-state index is 13.4. The fourth-order valence-electron chi connectivity index (χ4n) is 2.77. The molecule has 1 fully saturated rings. The van der Waals surface area contributed by atoms with Gasteiger partial charge < -0.3 is 10.0 Å². The van der Waals surface area contributed by atoms with Crippen LogP contribution in [0, 0.1) is 5.82 Å². The number of piperazine rings is 1. The molecule has 0 saturated carbocycles. The fourth-order valence-corrected chi connectivity index (χ4v) is 2.77. The molecule has 21 heavy (non-hydrogen) atoms. The van der Waals surface area contributed by atoms with Crippen LogP contribution in [-0.2, 0) is 0 Å². The Balaban J connectivity index is 1.91. The summed E-state index contributed by atoms with van der Waals surface area (Å²) in [6.07, 6.45) is 0. The Labute approximate surface area is 126 Å². The zero-order chi connectivity index (χ0) is 15.4. The van der Waals surface area contributed by atoms with Gasteiger partial charge in [-0.05, 0) is 39.2 Å². The second kappa shape index (κ2) is 7.20. The van der Waals surface area contributed by atoms with Gasteiger partial charge >= 0.3 is 0 Å². The van der Waals surface area contributed by atoms with E-state index in [-0.39, 0.29) is 17.6 Å². The van der Waals surface area contributed by atoms with Crippen molar-refractivity contribution in [3.63, 3.8) is 0 Å². The van der Waals surface area contributed by atoms with Crippen LogP contribution in [0.5, 0.6) is 5.75 Å². The van der Waals surface area contributed by atoms with Crippen molar-refractivity contribution in [2.45, 2.75) is 13.0 Å². The van der Waals surface area contributed by atoms with Gasteiger partial charge in [-0.25, -0.2) is 4.39 Å². The number of benzene rings is 1. The molecule has 1 saturated heterocycles. The third-order valence-electron chi connectivity index (χ3n) is 4.26. The number of hydrogen-bond acceptors (Lipinski definition) is 4. The average Bonchev–Trinajstić information content (AvgIpc) is 2.47. The highest BCUT2D eigenvalue weighted by molar-refractivity contribution is 5.35. The number of nitrogens with zero attached hydrogens (tertiary/aromatic N) is 3. The Hall–Kier alpha value is -1.17. The van der Waals surface area contributed by atoms with E-state index in [2.05, 4.69) is 28.8 Å². The fraction of sp³-hybridized carbons (Fsp3) is 0.625. The van der Waals surface area contributed by atoms with E-state index in [1.807, 2.05) is 6.92 Å². The third-order valence-corrected chi connectivity index (χ3v) is 4.26. The summed E-state index contributed by atoms with van der Waals surface area (Å²) in [5, 5.41) is 9.92. The summed E-state index contributed by atoms with van der Waals surface area (Å²) >= 11 is 0. The van der Waals surface area contributed by atoms with E-state index >= 15 is 0 Å². The van der Waals surface area contributed by atoms with Crippen molar-refractivity contribution in [1.82, 2.24) is 14.7 Å². The average molecular weight is 295 g/mol. The largest absolute Gasteiger partial charge is 0.508 e. The lowest BCUT2D eigenvalue weighted by atomic mass is 10.0. The molecule has 1 aliphatic rings. The van der Waals surface area contributed by atoms with Gasteiger partial charge in [0.2, 0.25) is 0 Å². The van der Waals surface area contributed by atoms with Crippen molar-refractivity contribution in [3.05, 3.63) is 29.6 Å². The second-order valence-corrected chi connectivity index (χ2v) is 6.06. The van der Waals surface area contributed by atoms with Crippen LogP contribution in [0.1, 0.15) is 18.5 Å². The predicted molar refractivity (Wildman–Crippen MR) is 83.0 cm³/mol. The number of phenolic OH excluding ortho intramolecular Hbond substituents is 1. The quantitative estimate of drug-likeness (QED) is 0.897. The van der Waals surface area contributed by atoms with E-state index < -0.39 is 0 Å². The van der Waals surface area contributed by atoms with Crippen LogP contribution in [0.25, 0.3) is 0 Å². The van der Waals surface area contributed by atoms with Gasteiger partial charge in [0.1, 0.15) is 11.6 Å². The molecule has 0 aromatic heterocycles. The number of rotatable bonds is 5. The Bertz CT molecular complexity index is 459. The lowest BCUT2D eigenvalue weighted by Crippen LogP contribution is -2.48. The van der Waals surface area contributed by atoms with Gasteiger partial charge in [-0.3, -0.25) is 9.80 Å². The number of halogens is 1. The molecule has 1 unspecified atom stereocenters. The lowest BCUT2D eigenvalue weighted by molar-refractivity contribution is 0.0965. The van der Waals surface area contributed by atoms with Crippen molar-refractivity contribution in [1.29, 1.82) is 0 Å². The molecule has 1 heterocycles. The van der Waals surface area contributed by atoms with Gasteiger partial charge in [0.05, 0.1) is 0 Å². The molecule has 2 rings (SSSR count). The van der Waals surface area contributed by atoms with Crippen LogP contribution in [0.4, 0.5) is 4.39 Å². The van der Waals surface area contributed by atoms with E-state index in [9.17, 15) is 9.50 Å². The van der Waals surface area contributed by atoms with Crippen molar-refractivity contribution in [3.8, 4) is 5.75 Å². The Kier molecular flexibility index (Phi) is 5.56. The second-order valence-electron chi connectivity index (χ2n) is 6.06. The van der Waals surface area contributed by atoms with Gasteiger partial charge in [0, 0.05) is 50.9 Å². The zero-order valence-corrected chi connectivity index (χ0v) is 13.2. The topological polar surface area (TPSA) is 30.0 Å². The highest BCUT2D eigenvalue weighted by Crippen LogP contribution is 2.29. The van der Waals surface area contributed by atoms with Crippen molar-refractivity contribution < 1.29 is 9.50 Å². The van der Waals surface area contributed by atoms with Crippen LogP contribution >= 0.6 is 0 Å². The van der Waals surface area contributed by atoms with Crippen molar-refractivity contribution in [2.75, 3.05) is 53.4 Å². The molecular weight excluding hydrogens is 269 g/mol. The van der Waals surface area contributed by atoms with Crippen LogP contribution in [0.15, 0.2) is 18.2 Å². The summed E-state index contributed by atoms with van der Waals surface area (Å²) < 4.78 is 13.4. The monoisotopic (exact) mass is 295 g/mol. The molecule has 1 aromatic rings. The van der Waals surface area contributed by atoms with Gasteiger partial charge in [0.15, 0.2) is 0 Å². The van der Waals surface area contributed by atoms with Crippen LogP contribution in [0.2, 0.25) is 0 Å². The third kappa shape index (κ3) is 4.40. The first-order valence-corrected chi connectivity index (χ1v) is 7.57.